The maximum atomic E-state index is 12.8. The monoisotopic (exact) mass is 1010 g/mol. The summed E-state index contributed by atoms with van der Waals surface area (Å²) >= 11 is 0. The number of carbonyl (C=O) groups excluding carboxylic acids is 3. The van der Waals surface area contributed by atoms with Crippen molar-refractivity contribution in [3.8, 4) is 0 Å². The third-order valence-corrected chi connectivity index (χ3v) is 12.7. The zero-order chi connectivity index (χ0) is 52.9. The molecule has 0 N–H and O–H groups in total. The van der Waals surface area contributed by atoms with Gasteiger partial charge in [-0.3, -0.25) is 14.4 Å². The first-order valence-corrected chi connectivity index (χ1v) is 30.4. The van der Waals surface area contributed by atoms with Crippen molar-refractivity contribution in [2.45, 2.75) is 284 Å². The Balaban J connectivity index is 4.39. The van der Waals surface area contributed by atoms with E-state index in [2.05, 4.69) is 130 Å². The molecule has 0 bridgehead atoms. The number of unbranched alkanes of at least 4 members (excludes halogenated alkanes) is 25. The Morgan fingerprint density at radius 3 is 0.890 bits per heavy atom. The first-order chi connectivity index (χ1) is 36.0. The molecule has 0 radical (unpaired) electrons. The van der Waals surface area contributed by atoms with Gasteiger partial charge in [0.1, 0.15) is 13.2 Å². The van der Waals surface area contributed by atoms with Crippen LogP contribution in [0.1, 0.15) is 278 Å². The molecule has 0 aromatic heterocycles. The van der Waals surface area contributed by atoms with Crippen LogP contribution in [0.5, 0.6) is 0 Å². The maximum Gasteiger partial charge on any atom is 0.306 e. The number of allylic oxidation sites excluding steroid dienone is 18. The van der Waals surface area contributed by atoms with Crippen LogP contribution in [0.15, 0.2) is 109 Å². The average Bonchev–Trinajstić information content (AvgIpc) is 3.39. The van der Waals surface area contributed by atoms with E-state index in [0.717, 1.165) is 116 Å². The minimum Gasteiger partial charge on any atom is -0.462 e. The Hall–Kier alpha value is -3.93. The van der Waals surface area contributed by atoms with E-state index in [0.29, 0.717) is 19.3 Å². The molecule has 0 aliphatic carbocycles. The van der Waals surface area contributed by atoms with Crippen molar-refractivity contribution >= 4 is 17.9 Å². The molecule has 0 saturated heterocycles. The van der Waals surface area contributed by atoms with Gasteiger partial charge in [-0.1, -0.05) is 239 Å². The van der Waals surface area contributed by atoms with E-state index in [1.165, 1.54) is 116 Å². The van der Waals surface area contributed by atoms with Crippen molar-refractivity contribution in [1.82, 2.24) is 0 Å². The summed E-state index contributed by atoms with van der Waals surface area (Å²) in [6.07, 6.45) is 82.3. The van der Waals surface area contributed by atoms with Crippen LogP contribution in [0.4, 0.5) is 0 Å². The largest absolute Gasteiger partial charge is 0.462 e. The molecule has 0 saturated carbocycles. The standard InChI is InChI=1S/C67H112O6/c1-4-7-10-13-16-19-22-25-28-29-30-31-32-33-34-35-36-37-40-42-45-48-51-54-57-60-66(69)72-63-64(73-67(70)61-58-55-52-49-46-43-39-27-24-21-18-15-12-9-6-3)62-71-65(68)59-56-53-50-47-44-41-38-26-23-20-17-14-11-8-5-2/h9,12,17-18,20-22,25-27,29-30,32-33,38-39,46,49,64H,4-8,10-11,13-16,19,23-24,28,31,34-37,40-45,47-48,50-63H2,1-3H3/b12-9-,20-17-,21-18-,25-22-,30-29-,33-32-,38-26-,39-27-,49-46-. The van der Waals surface area contributed by atoms with E-state index in [-0.39, 0.29) is 37.5 Å². The number of esters is 3. The normalized spacial score (nSPS) is 12.9. The molecule has 6 nitrogen and oxygen atoms in total. The molecule has 1 atom stereocenters. The Kier molecular flexibility index (Phi) is 57.4. The van der Waals surface area contributed by atoms with E-state index in [1.54, 1.807) is 0 Å². The molecule has 73 heavy (non-hydrogen) atoms. The minimum absolute atomic E-state index is 0.103. The molecule has 6 heteroatoms. The van der Waals surface area contributed by atoms with Gasteiger partial charge in [0, 0.05) is 19.3 Å². The Morgan fingerprint density at radius 1 is 0.288 bits per heavy atom. The Labute approximate surface area is 450 Å². The predicted octanol–water partition coefficient (Wildman–Crippen LogP) is 20.7. The lowest BCUT2D eigenvalue weighted by Crippen LogP contribution is -2.30. The second-order valence-electron chi connectivity index (χ2n) is 19.9. The zero-order valence-corrected chi connectivity index (χ0v) is 47.6. The minimum atomic E-state index is -0.810. The quantitative estimate of drug-likeness (QED) is 0.0261. The molecular formula is C67H112O6. The molecule has 0 aromatic rings. The summed E-state index contributed by atoms with van der Waals surface area (Å²) < 4.78 is 16.8. The number of carbonyl (C=O) groups is 3. The van der Waals surface area contributed by atoms with Gasteiger partial charge < -0.3 is 14.2 Å². The summed E-state index contributed by atoms with van der Waals surface area (Å²) in [6, 6.07) is 0. The first-order valence-electron chi connectivity index (χ1n) is 30.4. The summed E-state index contributed by atoms with van der Waals surface area (Å²) in [5.41, 5.74) is 0. The van der Waals surface area contributed by atoms with Gasteiger partial charge in [-0.25, -0.2) is 0 Å². The van der Waals surface area contributed by atoms with Gasteiger partial charge in [0.25, 0.3) is 0 Å². The van der Waals surface area contributed by atoms with Crippen molar-refractivity contribution in [2.24, 2.45) is 0 Å². The topological polar surface area (TPSA) is 78.9 Å². The highest BCUT2D eigenvalue weighted by molar-refractivity contribution is 5.71. The average molecular weight is 1010 g/mol. The molecule has 0 fully saturated rings. The van der Waals surface area contributed by atoms with E-state index in [9.17, 15) is 14.4 Å². The zero-order valence-electron chi connectivity index (χ0n) is 47.6. The van der Waals surface area contributed by atoms with E-state index >= 15 is 0 Å². The predicted molar refractivity (Wildman–Crippen MR) is 316 cm³/mol. The highest BCUT2D eigenvalue weighted by Gasteiger charge is 2.19. The third-order valence-electron chi connectivity index (χ3n) is 12.7. The Bertz CT molecular complexity index is 1490. The summed E-state index contributed by atoms with van der Waals surface area (Å²) in [6.45, 7) is 6.44. The van der Waals surface area contributed by atoms with E-state index in [4.69, 9.17) is 14.2 Å². The second kappa shape index (κ2) is 60.6. The van der Waals surface area contributed by atoms with Crippen LogP contribution in [0, 0.1) is 0 Å². The molecule has 0 aliphatic rings. The molecule has 0 aromatic carbocycles. The van der Waals surface area contributed by atoms with Crippen molar-refractivity contribution in [2.75, 3.05) is 13.2 Å². The highest BCUT2D eigenvalue weighted by Crippen LogP contribution is 2.15. The lowest BCUT2D eigenvalue weighted by Gasteiger charge is -2.18. The van der Waals surface area contributed by atoms with Gasteiger partial charge in [-0.05, 0) is 128 Å². The summed E-state index contributed by atoms with van der Waals surface area (Å²) in [5.74, 6) is -0.960. The molecular weight excluding hydrogens is 901 g/mol. The maximum absolute atomic E-state index is 12.8. The SMILES string of the molecule is CC/C=C\C/C=C\C/C=C\C/C=C\CCCCC(=O)OC(COC(=O)CCCCCCC/C=C\C/C=C\CCCCC)COC(=O)CCCCCCCCCCCC/C=C\C/C=C\C/C=C\CCCCCCC. The fourth-order valence-corrected chi connectivity index (χ4v) is 8.18. The molecule has 0 rings (SSSR count). The van der Waals surface area contributed by atoms with E-state index in [1.807, 2.05) is 0 Å². The van der Waals surface area contributed by atoms with Crippen LogP contribution in [0.25, 0.3) is 0 Å². The fourth-order valence-electron chi connectivity index (χ4n) is 8.18. The summed E-state index contributed by atoms with van der Waals surface area (Å²) in [7, 11) is 0. The molecule has 1 unspecified atom stereocenters. The van der Waals surface area contributed by atoms with E-state index < -0.39 is 6.10 Å². The Morgan fingerprint density at radius 2 is 0.534 bits per heavy atom. The molecule has 0 spiro atoms. The van der Waals surface area contributed by atoms with Gasteiger partial charge >= 0.3 is 17.9 Å². The lowest BCUT2D eigenvalue weighted by molar-refractivity contribution is -0.167. The fraction of sp³-hybridized carbons (Fsp3) is 0.687. The van der Waals surface area contributed by atoms with Crippen molar-refractivity contribution in [1.29, 1.82) is 0 Å². The van der Waals surface area contributed by atoms with Gasteiger partial charge in [0.05, 0.1) is 0 Å². The molecule has 0 heterocycles. The highest BCUT2D eigenvalue weighted by atomic mass is 16.6. The van der Waals surface area contributed by atoms with Crippen LogP contribution < -0.4 is 0 Å². The van der Waals surface area contributed by atoms with Gasteiger partial charge in [0.2, 0.25) is 0 Å². The van der Waals surface area contributed by atoms with Crippen molar-refractivity contribution < 1.29 is 28.6 Å². The van der Waals surface area contributed by atoms with Gasteiger partial charge in [-0.2, -0.15) is 0 Å². The van der Waals surface area contributed by atoms with Gasteiger partial charge in [-0.15, -0.1) is 0 Å². The second-order valence-corrected chi connectivity index (χ2v) is 19.9. The van der Waals surface area contributed by atoms with Crippen LogP contribution in [-0.2, 0) is 28.6 Å². The molecule has 0 amide bonds. The summed E-state index contributed by atoms with van der Waals surface area (Å²) in [5, 5.41) is 0. The number of hydrogen-bond donors (Lipinski definition) is 0. The summed E-state index contributed by atoms with van der Waals surface area (Å²) in [4.78, 5) is 38.2. The number of ether oxygens (including phenoxy) is 3. The first kappa shape index (κ1) is 69.1. The van der Waals surface area contributed by atoms with Crippen LogP contribution in [0.3, 0.4) is 0 Å². The van der Waals surface area contributed by atoms with Crippen molar-refractivity contribution in [3.63, 3.8) is 0 Å². The smallest absolute Gasteiger partial charge is 0.306 e. The molecule has 0 aliphatic heterocycles. The number of rotatable bonds is 54. The van der Waals surface area contributed by atoms with Crippen LogP contribution >= 0.6 is 0 Å². The lowest BCUT2D eigenvalue weighted by atomic mass is 10.1. The van der Waals surface area contributed by atoms with Crippen molar-refractivity contribution in [3.05, 3.63) is 109 Å². The van der Waals surface area contributed by atoms with Crippen LogP contribution in [0.2, 0.25) is 0 Å². The molecule has 416 valence electrons. The van der Waals surface area contributed by atoms with Crippen LogP contribution in [-0.4, -0.2) is 37.2 Å². The van der Waals surface area contributed by atoms with Gasteiger partial charge in [0.15, 0.2) is 6.10 Å². The number of hydrogen-bond acceptors (Lipinski definition) is 6. The third kappa shape index (κ3) is 58.8.